The molecule has 0 aromatic heterocycles. The van der Waals surface area contributed by atoms with Gasteiger partial charge in [-0.05, 0) is 18.2 Å². The summed E-state index contributed by atoms with van der Waals surface area (Å²) >= 11 is 0. The van der Waals surface area contributed by atoms with E-state index in [0.29, 0.717) is 0 Å². The summed E-state index contributed by atoms with van der Waals surface area (Å²) in [4.78, 5) is 22.0. The Kier molecular flexibility index (Phi) is 4.57. The van der Waals surface area contributed by atoms with Gasteiger partial charge in [-0.15, -0.1) is 0 Å². The zero-order chi connectivity index (χ0) is 14.6. The van der Waals surface area contributed by atoms with Gasteiger partial charge in [0.1, 0.15) is 12.4 Å². The molecule has 104 valence electrons. The van der Waals surface area contributed by atoms with Crippen molar-refractivity contribution in [3.63, 3.8) is 0 Å². The van der Waals surface area contributed by atoms with E-state index in [9.17, 15) is 22.4 Å². The second-order valence-corrected chi connectivity index (χ2v) is 5.01. The van der Waals surface area contributed by atoms with Crippen LogP contribution in [0.25, 0.3) is 0 Å². The highest BCUT2D eigenvalue weighted by Crippen LogP contribution is 2.13. The fourth-order valence-electron chi connectivity index (χ4n) is 1.18. The Hall–Kier alpha value is -2.00. The van der Waals surface area contributed by atoms with Gasteiger partial charge in [-0.25, -0.2) is 17.9 Å². The highest BCUT2D eigenvalue weighted by Gasteiger charge is 2.17. The van der Waals surface area contributed by atoms with Gasteiger partial charge in [0.05, 0.1) is 17.6 Å². The number of sulfonamides is 1. The van der Waals surface area contributed by atoms with Crippen LogP contribution in [0.15, 0.2) is 23.1 Å². The van der Waals surface area contributed by atoms with Gasteiger partial charge >= 0.3 is 5.97 Å². The van der Waals surface area contributed by atoms with Crippen LogP contribution in [0.3, 0.4) is 0 Å². The van der Waals surface area contributed by atoms with Crippen LogP contribution >= 0.6 is 0 Å². The zero-order valence-electron chi connectivity index (χ0n) is 9.84. The first-order chi connectivity index (χ1) is 8.75. The minimum Gasteiger partial charge on any atom is -0.468 e. The molecule has 9 heteroatoms. The fourth-order valence-corrected chi connectivity index (χ4v) is 1.72. The lowest BCUT2D eigenvalue weighted by Gasteiger charge is -2.06. The Bertz CT molecular complexity index is 614. The first kappa shape index (κ1) is 15.1. The van der Waals surface area contributed by atoms with Crippen molar-refractivity contribution in [3.05, 3.63) is 29.6 Å². The molecule has 1 aromatic rings. The number of carbonyl (C=O) groups excluding carboxylic acids is 2. The number of nitrogens with one attached hydrogen (secondary N) is 1. The number of benzene rings is 1. The van der Waals surface area contributed by atoms with E-state index in [4.69, 9.17) is 5.14 Å². The third kappa shape index (κ3) is 4.00. The number of ether oxygens (including phenoxy) is 1. The van der Waals surface area contributed by atoms with Crippen molar-refractivity contribution in [2.75, 3.05) is 13.7 Å². The molecular weight excluding hydrogens is 279 g/mol. The molecule has 0 radical (unpaired) electrons. The van der Waals surface area contributed by atoms with Crippen LogP contribution in [-0.4, -0.2) is 33.9 Å². The molecule has 19 heavy (non-hydrogen) atoms. The number of primary sulfonamides is 1. The summed E-state index contributed by atoms with van der Waals surface area (Å²) in [7, 11) is -2.93. The Morgan fingerprint density at radius 2 is 2.05 bits per heavy atom. The van der Waals surface area contributed by atoms with Crippen LogP contribution < -0.4 is 10.5 Å². The summed E-state index contributed by atoms with van der Waals surface area (Å²) in [6, 6.07) is 2.52. The van der Waals surface area contributed by atoms with Crippen molar-refractivity contribution in [1.82, 2.24) is 5.32 Å². The summed E-state index contributed by atoms with van der Waals surface area (Å²) < 4.78 is 39.8. The van der Waals surface area contributed by atoms with Gasteiger partial charge in [0.15, 0.2) is 0 Å². The molecule has 7 nitrogen and oxygen atoms in total. The minimum atomic E-state index is -4.05. The van der Waals surface area contributed by atoms with E-state index in [1.165, 1.54) is 0 Å². The van der Waals surface area contributed by atoms with Gasteiger partial charge in [-0.3, -0.25) is 9.59 Å². The van der Waals surface area contributed by atoms with Crippen molar-refractivity contribution in [2.24, 2.45) is 5.14 Å². The first-order valence-electron chi connectivity index (χ1n) is 4.93. The third-order valence-electron chi connectivity index (χ3n) is 2.13. The highest BCUT2D eigenvalue weighted by atomic mass is 32.2. The SMILES string of the molecule is COC(=O)CNC(=O)c1cc(S(N)(=O)=O)ccc1F. The van der Waals surface area contributed by atoms with Crippen LogP contribution in [0.4, 0.5) is 4.39 Å². The number of hydrogen-bond donors (Lipinski definition) is 2. The van der Waals surface area contributed by atoms with Gasteiger partial charge in [0, 0.05) is 0 Å². The lowest BCUT2D eigenvalue weighted by Crippen LogP contribution is -2.31. The normalized spacial score (nSPS) is 10.9. The van der Waals surface area contributed by atoms with Gasteiger partial charge in [-0.1, -0.05) is 0 Å². The summed E-state index contributed by atoms with van der Waals surface area (Å²) in [5.41, 5.74) is -0.532. The number of amides is 1. The molecule has 0 aliphatic carbocycles. The number of esters is 1. The average molecular weight is 290 g/mol. The number of carbonyl (C=O) groups is 2. The maximum Gasteiger partial charge on any atom is 0.325 e. The standard InChI is InChI=1S/C10H11FN2O5S/c1-18-9(14)5-13-10(15)7-4-6(19(12,16)17)2-3-8(7)11/h2-4H,5H2,1H3,(H,13,15)(H2,12,16,17). The molecular formula is C10H11FN2O5S. The van der Waals surface area contributed by atoms with Gasteiger partial charge in [0.2, 0.25) is 10.0 Å². The Balaban J connectivity index is 3.00. The molecule has 0 saturated heterocycles. The predicted octanol–water partition coefficient (Wildman–Crippen LogP) is -0.624. The van der Waals surface area contributed by atoms with Crippen LogP contribution in [0.2, 0.25) is 0 Å². The van der Waals surface area contributed by atoms with E-state index < -0.39 is 44.7 Å². The van der Waals surface area contributed by atoms with Crippen molar-refractivity contribution in [2.45, 2.75) is 4.90 Å². The second-order valence-electron chi connectivity index (χ2n) is 3.45. The van der Waals surface area contributed by atoms with E-state index in [1.54, 1.807) is 0 Å². The molecule has 0 saturated carbocycles. The number of nitrogens with two attached hydrogens (primary N) is 1. The zero-order valence-corrected chi connectivity index (χ0v) is 10.7. The van der Waals surface area contributed by atoms with Crippen LogP contribution in [-0.2, 0) is 19.6 Å². The van der Waals surface area contributed by atoms with Crippen molar-refractivity contribution >= 4 is 21.9 Å². The minimum absolute atomic E-state index is 0.405. The molecule has 0 heterocycles. The number of hydrogen-bond acceptors (Lipinski definition) is 5. The molecule has 0 aliphatic heterocycles. The van der Waals surface area contributed by atoms with Crippen LogP contribution in [0.5, 0.6) is 0 Å². The van der Waals surface area contributed by atoms with Crippen molar-refractivity contribution < 1.29 is 27.1 Å². The maximum atomic E-state index is 13.4. The summed E-state index contributed by atoms with van der Waals surface area (Å²) in [6.07, 6.45) is 0. The fraction of sp³-hybridized carbons (Fsp3) is 0.200. The molecule has 0 unspecified atom stereocenters. The molecule has 0 atom stereocenters. The molecule has 0 bridgehead atoms. The molecule has 1 rings (SSSR count). The van der Waals surface area contributed by atoms with Crippen LogP contribution in [0, 0.1) is 5.82 Å². The van der Waals surface area contributed by atoms with Gasteiger partial charge < -0.3 is 10.1 Å². The van der Waals surface area contributed by atoms with Crippen LogP contribution in [0.1, 0.15) is 10.4 Å². The van der Waals surface area contributed by atoms with E-state index in [2.05, 4.69) is 10.1 Å². The molecule has 0 aliphatic rings. The maximum absolute atomic E-state index is 13.4. The monoisotopic (exact) mass is 290 g/mol. The van der Waals surface area contributed by atoms with E-state index in [-0.39, 0.29) is 0 Å². The van der Waals surface area contributed by atoms with Gasteiger partial charge in [0.25, 0.3) is 5.91 Å². The third-order valence-corrected chi connectivity index (χ3v) is 3.04. The summed E-state index contributed by atoms with van der Waals surface area (Å²) in [5.74, 6) is -2.61. The smallest absolute Gasteiger partial charge is 0.325 e. The predicted molar refractivity (Wildman–Crippen MR) is 62.1 cm³/mol. The summed E-state index contributed by atoms with van der Waals surface area (Å²) in [5, 5.41) is 6.94. The summed E-state index contributed by atoms with van der Waals surface area (Å²) in [6.45, 7) is -0.464. The molecule has 3 N–H and O–H groups in total. The molecule has 0 spiro atoms. The largest absolute Gasteiger partial charge is 0.468 e. The van der Waals surface area contributed by atoms with Crippen molar-refractivity contribution in [3.8, 4) is 0 Å². The number of methoxy groups -OCH3 is 1. The number of rotatable bonds is 4. The van der Waals surface area contributed by atoms with Crippen molar-refractivity contribution in [1.29, 1.82) is 0 Å². The highest BCUT2D eigenvalue weighted by molar-refractivity contribution is 7.89. The lowest BCUT2D eigenvalue weighted by molar-refractivity contribution is -0.139. The van der Waals surface area contributed by atoms with Gasteiger partial charge in [-0.2, -0.15) is 0 Å². The molecule has 1 aromatic carbocycles. The Morgan fingerprint density at radius 1 is 1.42 bits per heavy atom. The Labute approximate surface area is 108 Å². The second kappa shape index (κ2) is 5.76. The average Bonchev–Trinajstić information content (AvgIpc) is 2.34. The Morgan fingerprint density at radius 3 is 2.58 bits per heavy atom. The van der Waals surface area contributed by atoms with E-state index in [1.807, 2.05) is 0 Å². The van der Waals surface area contributed by atoms with E-state index in [0.717, 1.165) is 25.3 Å². The molecule has 0 fully saturated rings. The quantitative estimate of drug-likeness (QED) is 0.717. The topological polar surface area (TPSA) is 116 Å². The lowest BCUT2D eigenvalue weighted by atomic mass is 10.2. The first-order valence-corrected chi connectivity index (χ1v) is 6.47. The molecule has 1 amide bonds. The number of halogens is 1. The van der Waals surface area contributed by atoms with E-state index >= 15 is 0 Å².